The molecule has 10 nitrogen and oxygen atoms in total. The van der Waals surface area contributed by atoms with Gasteiger partial charge >= 0.3 is 0 Å². The molecule has 0 aromatic heterocycles. The van der Waals surface area contributed by atoms with Crippen molar-refractivity contribution in [1.29, 1.82) is 0 Å². The number of amides is 3. The number of aliphatic hydroxyl groups excluding tert-OH is 1. The predicted octanol–water partition coefficient (Wildman–Crippen LogP) is 5.48. The molecule has 5 atom stereocenters. The Labute approximate surface area is 311 Å². The first-order valence-electron chi connectivity index (χ1n) is 18.1. The lowest BCUT2D eigenvalue weighted by Crippen LogP contribution is -2.52. The van der Waals surface area contributed by atoms with Crippen molar-refractivity contribution in [3.63, 3.8) is 0 Å². The predicted molar refractivity (Wildman–Crippen MR) is 207 cm³/mol. The minimum absolute atomic E-state index is 0.0578. The van der Waals surface area contributed by atoms with Crippen molar-refractivity contribution >= 4 is 42.4 Å². The molecule has 7 rings (SSSR count). The van der Waals surface area contributed by atoms with E-state index in [1.165, 1.54) is 0 Å². The maximum atomic E-state index is 14.6. The highest BCUT2D eigenvalue weighted by atomic mass is 28.3. The van der Waals surface area contributed by atoms with Crippen LogP contribution in [-0.2, 0) is 32.9 Å². The van der Waals surface area contributed by atoms with E-state index in [9.17, 15) is 19.5 Å². The maximum absolute atomic E-state index is 14.6. The van der Waals surface area contributed by atoms with Crippen molar-refractivity contribution in [2.24, 2.45) is 5.92 Å². The largest absolute Gasteiger partial charge is 0.497 e. The van der Waals surface area contributed by atoms with E-state index in [4.69, 9.17) is 14.2 Å². The number of hydrogen-bond acceptors (Lipinski definition) is 7. The summed E-state index contributed by atoms with van der Waals surface area (Å²) in [7, 11) is 2.45. The molecule has 3 heterocycles. The van der Waals surface area contributed by atoms with Crippen LogP contribution in [0.25, 0.3) is 0 Å². The number of carbonyl (C=O) groups is 3. The molecule has 3 aliphatic heterocycles. The van der Waals surface area contributed by atoms with Gasteiger partial charge in [-0.05, 0) is 77.7 Å². The van der Waals surface area contributed by atoms with Crippen molar-refractivity contribution in [3.8, 4) is 11.5 Å². The number of likely N-dealkylation sites (N-methyl/N-ethyl adjacent to an activating group) is 1. The van der Waals surface area contributed by atoms with Crippen molar-refractivity contribution in [3.05, 3.63) is 113 Å². The zero-order valence-corrected chi connectivity index (χ0v) is 32.1. The highest BCUT2D eigenvalue weighted by Crippen LogP contribution is 2.60. The van der Waals surface area contributed by atoms with Gasteiger partial charge < -0.3 is 34.4 Å². The van der Waals surface area contributed by atoms with Gasteiger partial charge in [-0.25, -0.2) is 0 Å². The molecule has 0 radical (unpaired) electrons. The Morgan fingerprint density at radius 2 is 1.58 bits per heavy atom. The van der Waals surface area contributed by atoms with E-state index >= 15 is 0 Å². The van der Waals surface area contributed by atoms with Crippen LogP contribution < -0.4 is 24.9 Å². The van der Waals surface area contributed by atoms with Gasteiger partial charge in [0.1, 0.15) is 11.5 Å². The van der Waals surface area contributed by atoms with E-state index in [0.717, 1.165) is 22.1 Å². The zero-order valence-electron chi connectivity index (χ0n) is 31.1. The third-order valence-corrected chi connectivity index (χ3v) is 16.2. The molecule has 0 saturated carbocycles. The molecule has 0 aliphatic carbocycles. The molecular formula is C42H47N3O7Si. The number of carbonyl (C=O) groups excluding carboxylic acids is 3. The fraction of sp³-hybridized carbons (Fsp3) is 0.357. The molecule has 1 fully saturated rings. The van der Waals surface area contributed by atoms with Crippen molar-refractivity contribution < 1.29 is 33.7 Å². The molecule has 3 aliphatic rings. The lowest BCUT2D eigenvalue weighted by atomic mass is 9.82. The van der Waals surface area contributed by atoms with Crippen molar-refractivity contribution in [1.82, 2.24) is 4.90 Å². The van der Waals surface area contributed by atoms with Crippen LogP contribution in [0, 0.1) is 5.92 Å². The van der Waals surface area contributed by atoms with E-state index in [-0.39, 0.29) is 48.3 Å². The van der Waals surface area contributed by atoms with Gasteiger partial charge in [0.25, 0.3) is 11.8 Å². The quantitative estimate of drug-likeness (QED) is 0.219. The second-order valence-corrected chi connectivity index (χ2v) is 19.7. The first-order valence-corrected chi connectivity index (χ1v) is 21.2. The summed E-state index contributed by atoms with van der Waals surface area (Å²) in [6, 6.07) is 28.1. The summed E-state index contributed by atoms with van der Waals surface area (Å²) in [6.07, 6.45) is 0.0302. The first kappa shape index (κ1) is 36.4. The molecule has 2 N–H and O–H groups in total. The number of rotatable bonds is 9. The molecule has 0 bridgehead atoms. The van der Waals surface area contributed by atoms with E-state index in [0.29, 0.717) is 41.2 Å². The molecule has 1 saturated heterocycles. The number of nitrogens with one attached hydrogen (secondary N) is 1. The monoisotopic (exact) mass is 733 g/mol. The number of aliphatic hydroxyl groups is 1. The average molecular weight is 734 g/mol. The summed E-state index contributed by atoms with van der Waals surface area (Å²) in [5.41, 5.74) is 3.02. The number of methoxy groups -OCH3 is 2. The normalized spacial score (nSPS) is 23.5. The van der Waals surface area contributed by atoms with Gasteiger partial charge in [-0.15, -0.1) is 0 Å². The van der Waals surface area contributed by atoms with Gasteiger partial charge in [0.2, 0.25) is 5.91 Å². The van der Waals surface area contributed by atoms with Gasteiger partial charge in [0.05, 0.1) is 53.2 Å². The van der Waals surface area contributed by atoms with Gasteiger partial charge in [-0.1, -0.05) is 61.6 Å². The summed E-state index contributed by atoms with van der Waals surface area (Å²) in [4.78, 5) is 45.9. The molecule has 11 heteroatoms. The van der Waals surface area contributed by atoms with E-state index in [1.807, 2.05) is 42.5 Å². The number of nitrogens with zero attached hydrogens (tertiary/aromatic N) is 2. The SMILES string of the molecule is COc1ccc(C(=O)Nc2ccc3c(c2)[C@]2(O[C@@H](CC(=O)N4Cc5ccccc5C[C@H]4CO)[C@H]([Si](C)(C)c4ccc(OC)cc4)[C@H]2C)C(=O)N3C)cc1. The van der Waals surface area contributed by atoms with Crippen LogP contribution in [0.3, 0.4) is 0 Å². The van der Waals surface area contributed by atoms with Crippen molar-refractivity contribution in [2.45, 2.75) is 62.7 Å². The van der Waals surface area contributed by atoms with Crippen LogP contribution in [0.1, 0.15) is 40.4 Å². The van der Waals surface area contributed by atoms with Crippen LogP contribution >= 0.6 is 0 Å². The number of hydrogen-bond donors (Lipinski definition) is 2. The highest BCUT2D eigenvalue weighted by molar-refractivity contribution is 6.91. The number of benzene rings is 4. The lowest BCUT2D eigenvalue weighted by molar-refractivity contribution is -0.150. The van der Waals surface area contributed by atoms with Crippen LogP contribution in [-0.4, -0.2) is 75.8 Å². The molecular weight excluding hydrogens is 687 g/mol. The summed E-state index contributed by atoms with van der Waals surface area (Å²) >= 11 is 0. The Hall–Kier alpha value is -4.97. The summed E-state index contributed by atoms with van der Waals surface area (Å²) < 4.78 is 17.9. The average Bonchev–Trinajstić information content (AvgIpc) is 3.59. The molecule has 53 heavy (non-hydrogen) atoms. The van der Waals surface area contributed by atoms with Gasteiger partial charge in [0, 0.05) is 36.3 Å². The fourth-order valence-corrected chi connectivity index (χ4v) is 13.0. The van der Waals surface area contributed by atoms with Crippen LogP contribution in [0.15, 0.2) is 91.0 Å². The molecule has 1 spiro atoms. The van der Waals surface area contributed by atoms with Crippen molar-refractivity contribution in [2.75, 3.05) is 38.1 Å². The molecule has 276 valence electrons. The smallest absolute Gasteiger partial charge is 0.264 e. The Balaban J connectivity index is 1.27. The molecule has 0 unspecified atom stereocenters. The van der Waals surface area contributed by atoms with Gasteiger partial charge in [0.15, 0.2) is 5.60 Å². The second kappa shape index (κ2) is 14.1. The lowest BCUT2D eigenvalue weighted by Gasteiger charge is -2.39. The zero-order chi connectivity index (χ0) is 37.7. The van der Waals surface area contributed by atoms with Gasteiger partial charge in [-0.2, -0.15) is 0 Å². The van der Waals surface area contributed by atoms with E-state index < -0.39 is 19.8 Å². The number of fused-ring (bicyclic) bond motifs is 3. The first-order chi connectivity index (χ1) is 25.4. The second-order valence-electron chi connectivity index (χ2n) is 15.0. The molecule has 3 amide bonds. The minimum Gasteiger partial charge on any atom is -0.497 e. The Bertz CT molecular complexity index is 2040. The van der Waals surface area contributed by atoms with E-state index in [1.54, 1.807) is 61.4 Å². The van der Waals surface area contributed by atoms with Crippen LogP contribution in [0.5, 0.6) is 11.5 Å². The standard InChI is InChI=1S/C42H47N3O7Si/c1-26-39(53(5,6)34-18-16-33(51-4)17-19-34)37(23-38(47)45-24-29-10-8-7-9-28(29)21-31(45)25-46)52-42(26)35-22-30(13-20-36(35)44(2)41(42)49)43-40(48)27-11-14-32(50-3)15-12-27/h7-20,22,26,31,37,39,46H,21,23-25H2,1-6H3,(H,43,48)/t26-,31+,37+,39-,42+/m1/s1. The summed E-state index contributed by atoms with van der Waals surface area (Å²) in [6.45, 7) is 6.88. The Morgan fingerprint density at radius 1 is 0.943 bits per heavy atom. The van der Waals surface area contributed by atoms with Gasteiger partial charge in [-0.3, -0.25) is 14.4 Å². The number of ether oxygens (including phenoxy) is 3. The van der Waals surface area contributed by atoms with Crippen LogP contribution in [0.4, 0.5) is 11.4 Å². The summed E-state index contributed by atoms with van der Waals surface area (Å²) in [5.74, 6) is 0.466. The molecule has 4 aromatic rings. The number of anilines is 2. The Kier molecular flexibility index (Phi) is 9.69. The Morgan fingerprint density at radius 3 is 2.23 bits per heavy atom. The minimum atomic E-state index is -2.52. The molecule has 4 aromatic carbocycles. The summed E-state index contributed by atoms with van der Waals surface area (Å²) in [5, 5.41) is 14.6. The highest BCUT2D eigenvalue weighted by Gasteiger charge is 2.66. The third kappa shape index (κ3) is 6.20. The van der Waals surface area contributed by atoms with E-state index in [2.05, 4.69) is 43.5 Å². The fourth-order valence-electron chi connectivity index (χ4n) is 8.97. The third-order valence-electron chi connectivity index (χ3n) is 11.8. The maximum Gasteiger partial charge on any atom is 0.264 e. The van der Waals surface area contributed by atoms with Crippen LogP contribution in [0.2, 0.25) is 18.6 Å². The topological polar surface area (TPSA) is 118 Å².